The molecule has 5 nitrogen and oxygen atoms in total. The Labute approximate surface area is 161 Å². The highest BCUT2D eigenvalue weighted by Gasteiger charge is 2.11. The van der Waals surface area contributed by atoms with Gasteiger partial charge in [0.05, 0.1) is 13.2 Å². The first kappa shape index (κ1) is 20.5. The van der Waals surface area contributed by atoms with Crippen molar-refractivity contribution in [3.8, 4) is 5.75 Å². The largest absolute Gasteiger partial charge is 0.494 e. The summed E-state index contributed by atoms with van der Waals surface area (Å²) in [5.74, 6) is 0.198. The monoisotopic (exact) mass is 368 g/mol. The van der Waals surface area contributed by atoms with E-state index in [9.17, 15) is 9.59 Å². The summed E-state index contributed by atoms with van der Waals surface area (Å²) in [4.78, 5) is 24.4. The molecule has 27 heavy (non-hydrogen) atoms. The van der Waals surface area contributed by atoms with Gasteiger partial charge in [-0.2, -0.15) is 0 Å². The summed E-state index contributed by atoms with van der Waals surface area (Å²) in [5, 5.41) is 5.53. The van der Waals surface area contributed by atoms with Crippen LogP contribution in [0.3, 0.4) is 0 Å². The van der Waals surface area contributed by atoms with Gasteiger partial charge in [-0.05, 0) is 62.6 Å². The molecule has 0 aliphatic rings. The summed E-state index contributed by atoms with van der Waals surface area (Å²) >= 11 is 0. The molecule has 0 bridgehead atoms. The first-order valence-electron chi connectivity index (χ1n) is 9.29. The van der Waals surface area contributed by atoms with Crippen LogP contribution in [0, 0.1) is 20.8 Å². The van der Waals surface area contributed by atoms with E-state index in [4.69, 9.17) is 4.74 Å². The van der Waals surface area contributed by atoms with Gasteiger partial charge >= 0.3 is 0 Å². The van der Waals surface area contributed by atoms with Gasteiger partial charge in [0.15, 0.2) is 0 Å². The van der Waals surface area contributed by atoms with Crippen LogP contribution in [0.4, 0.5) is 5.69 Å². The van der Waals surface area contributed by atoms with Gasteiger partial charge in [-0.3, -0.25) is 9.59 Å². The molecule has 5 heteroatoms. The molecule has 0 heterocycles. The van der Waals surface area contributed by atoms with E-state index in [2.05, 4.69) is 17.6 Å². The standard InChI is InChI=1S/C22H28N2O3/c1-5-6-11-27-19-9-7-18(8-10-19)22(26)23-14-20(25)24-21-16(3)12-15(2)13-17(21)4/h7-10,12-13H,5-6,11,14H2,1-4H3,(H,23,26)(H,24,25). The molecule has 0 aromatic heterocycles. The third-order valence-corrected chi connectivity index (χ3v) is 4.23. The predicted octanol–water partition coefficient (Wildman–Crippen LogP) is 4.16. The number of anilines is 1. The van der Waals surface area contributed by atoms with Gasteiger partial charge in [-0.15, -0.1) is 0 Å². The van der Waals surface area contributed by atoms with E-state index in [0.717, 1.165) is 41.0 Å². The lowest BCUT2D eigenvalue weighted by Crippen LogP contribution is -2.33. The normalized spacial score (nSPS) is 10.4. The summed E-state index contributed by atoms with van der Waals surface area (Å²) in [7, 11) is 0. The minimum atomic E-state index is -0.289. The van der Waals surface area contributed by atoms with Gasteiger partial charge in [-0.1, -0.05) is 31.0 Å². The lowest BCUT2D eigenvalue weighted by Gasteiger charge is -2.13. The molecular weight excluding hydrogens is 340 g/mol. The van der Waals surface area contributed by atoms with E-state index < -0.39 is 0 Å². The molecular formula is C22H28N2O3. The van der Waals surface area contributed by atoms with Gasteiger partial charge in [-0.25, -0.2) is 0 Å². The number of nitrogens with one attached hydrogen (secondary N) is 2. The molecule has 2 aromatic rings. The van der Waals surface area contributed by atoms with Crippen LogP contribution in [0.15, 0.2) is 36.4 Å². The van der Waals surface area contributed by atoms with E-state index in [1.807, 2.05) is 32.9 Å². The molecule has 0 atom stereocenters. The maximum absolute atomic E-state index is 12.2. The topological polar surface area (TPSA) is 67.4 Å². The fraction of sp³-hybridized carbons (Fsp3) is 0.364. The molecule has 0 saturated heterocycles. The number of carbonyl (C=O) groups is 2. The minimum absolute atomic E-state index is 0.0830. The van der Waals surface area contributed by atoms with Crippen molar-refractivity contribution < 1.29 is 14.3 Å². The Hall–Kier alpha value is -2.82. The van der Waals surface area contributed by atoms with E-state index in [1.54, 1.807) is 24.3 Å². The lowest BCUT2D eigenvalue weighted by atomic mass is 10.1. The Bertz CT molecular complexity index is 775. The second-order valence-electron chi connectivity index (χ2n) is 6.73. The van der Waals surface area contributed by atoms with Gasteiger partial charge in [0.25, 0.3) is 5.91 Å². The fourth-order valence-electron chi connectivity index (χ4n) is 2.86. The number of unbranched alkanes of at least 4 members (excludes halogenated alkanes) is 1. The minimum Gasteiger partial charge on any atom is -0.494 e. The van der Waals surface area contributed by atoms with Crippen molar-refractivity contribution in [3.05, 3.63) is 58.7 Å². The third kappa shape index (κ3) is 6.13. The zero-order valence-electron chi connectivity index (χ0n) is 16.5. The van der Waals surface area contributed by atoms with Crippen LogP contribution in [0.1, 0.15) is 46.8 Å². The number of benzene rings is 2. The molecule has 0 saturated carbocycles. The fourth-order valence-corrected chi connectivity index (χ4v) is 2.86. The number of rotatable bonds is 8. The van der Waals surface area contributed by atoms with Crippen molar-refractivity contribution in [3.63, 3.8) is 0 Å². The van der Waals surface area contributed by atoms with Crippen LogP contribution in [-0.2, 0) is 4.79 Å². The summed E-state index contributed by atoms with van der Waals surface area (Å²) in [6.45, 7) is 8.62. The van der Waals surface area contributed by atoms with Crippen molar-refractivity contribution in [2.45, 2.75) is 40.5 Å². The van der Waals surface area contributed by atoms with E-state index in [-0.39, 0.29) is 18.4 Å². The van der Waals surface area contributed by atoms with Gasteiger partial charge in [0.1, 0.15) is 5.75 Å². The zero-order chi connectivity index (χ0) is 19.8. The number of hydrogen-bond acceptors (Lipinski definition) is 3. The molecule has 2 rings (SSSR count). The van der Waals surface area contributed by atoms with Gasteiger partial charge in [0, 0.05) is 11.3 Å². The molecule has 2 amide bonds. The Kier molecular flexibility index (Phi) is 7.41. The van der Waals surface area contributed by atoms with Crippen LogP contribution in [0.25, 0.3) is 0 Å². The maximum atomic E-state index is 12.2. The van der Waals surface area contributed by atoms with Crippen molar-refractivity contribution in [1.82, 2.24) is 5.32 Å². The van der Waals surface area contributed by atoms with Crippen molar-refractivity contribution in [2.24, 2.45) is 0 Å². The van der Waals surface area contributed by atoms with E-state index in [0.29, 0.717) is 12.2 Å². The number of ether oxygens (including phenoxy) is 1. The Morgan fingerprint density at radius 2 is 1.63 bits per heavy atom. The summed E-state index contributed by atoms with van der Waals surface area (Å²) in [6, 6.07) is 11.0. The van der Waals surface area contributed by atoms with Crippen molar-refractivity contribution in [1.29, 1.82) is 0 Å². The van der Waals surface area contributed by atoms with E-state index >= 15 is 0 Å². The first-order valence-corrected chi connectivity index (χ1v) is 9.29. The second-order valence-corrected chi connectivity index (χ2v) is 6.73. The highest BCUT2D eigenvalue weighted by Crippen LogP contribution is 2.21. The van der Waals surface area contributed by atoms with Crippen molar-refractivity contribution in [2.75, 3.05) is 18.5 Å². The van der Waals surface area contributed by atoms with Crippen LogP contribution >= 0.6 is 0 Å². The molecule has 0 aliphatic carbocycles. The van der Waals surface area contributed by atoms with Crippen LogP contribution < -0.4 is 15.4 Å². The number of amides is 2. The van der Waals surface area contributed by atoms with Gasteiger partial charge < -0.3 is 15.4 Å². The quantitative estimate of drug-likeness (QED) is 0.688. The Morgan fingerprint density at radius 1 is 1.00 bits per heavy atom. The summed E-state index contributed by atoms with van der Waals surface area (Å²) in [6.07, 6.45) is 2.07. The maximum Gasteiger partial charge on any atom is 0.251 e. The van der Waals surface area contributed by atoms with Crippen molar-refractivity contribution >= 4 is 17.5 Å². The van der Waals surface area contributed by atoms with Crippen LogP contribution in [0.5, 0.6) is 5.75 Å². The summed E-state index contributed by atoms with van der Waals surface area (Å²) < 4.78 is 5.58. The summed E-state index contributed by atoms with van der Waals surface area (Å²) in [5.41, 5.74) is 4.46. The first-order chi connectivity index (χ1) is 12.9. The molecule has 0 spiro atoms. The molecule has 0 unspecified atom stereocenters. The van der Waals surface area contributed by atoms with Crippen LogP contribution in [0.2, 0.25) is 0 Å². The SMILES string of the molecule is CCCCOc1ccc(C(=O)NCC(=O)Nc2c(C)cc(C)cc2C)cc1. The Morgan fingerprint density at radius 3 is 2.22 bits per heavy atom. The molecule has 0 radical (unpaired) electrons. The van der Waals surface area contributed by atoms with Crippen LogP contribution in [-0.4, -0.2) is 25.0 Å². The molecule has 144 valence electrons. The lowest BCUT2D eigenvalue weighted by molar-refractivity contribution is -0.115. The average Bonchev–Trinajstić information content (AvgIpc) is 2.63. The predicted molar refractivity (Wildman–Crippen MR) is 108 cm³/mol. The Balaban J connectivity index is 1.87. The number of carbonyl (C=O) groups excluding carboxylic acids is 2. The number of aryl methyl sites for hydroxylation is 3. The van der Waals surface area contributed by atoms with Gasteiger partial charge in [0.2, 0.25) is 5.91 Å². The highest BCUT2D eigenvalue weighted by molar-refractivity contribution is 5.99. The molecule has 2 aromatic carbocycles. The van der Waals surface area contributed by atoms with E-state index in [1.165, 1.54) is 0 Å². The highest BCUT2D eigenvalue weighted by atomic mass is 16.5. The second kappa shape index (κ2) is 9.76. The smallest absolute Gasteiger partial charge is 0.251 e. The molecule has 2 N–H and O–H groups in total. The zero-order valence-corrected chi connectivity index (χ0v) is 16.5. The molecule has 0 aliphatic heterocycles. The third-order valence-electron chi connectivity index (χ3n) is 4.23. The number of hydrogen-bond donors (Lipinski definition) is 2. The average molecular weight is 368 g/mol. The molecule has 0 fully saturated rings.